The molecule has 1 aromatic carbocycles. The molecule has 0 aromatic heterocycles. The average molecular weight is 1470 g/mol. The molecule has 4 bridgehead atoms. The molecule has 0 aliphatic carbocycles. The van der Waals surface area contributed by atoms with Gasteiger partial charge in [-0.1, -0.05) is 39.7 Å². The standard InChI is InChI=1S/C65H100N16O19S2/c1-65(2,3)30-44-62(97)80-22-10-13-47(80)60(95)74-40(16-18-49(66)82)56(91)73-41(17-19-52(85)86)57(92)78-45(54(67)89)34-101-32-36-26-37-28-38(27-36)100-24-8-6-5-7-15-50(83)71-31-51(84)72-39(12-9-21-70-64(68)69)55(90)79-46(35-102-33-37)63(98)81-23-11-14-48(81)61(96)75-42(20-25-99-4)58(93)76-43(29-53(87)88)59(94)77-44/h26-28,39-48H,5-25,29-35H2,1-4H3,(H2,66,82)(H2,67,89)(H,71,83)(H,72,84)(H,73,91)(H,74,95)(H,75,96)(H,76,93)(H,77,94)(H,78,92)(H,79,90)(H,85,86)(H,87,88)(H4,68,69,70)/t39-,40-,41-,42-,43-,44-,45-,46-,47-,48-/m0/s1. The van der Waals surface area contributed by atoms with Crippen molar-refractivity contribution in [2.45, 2.75) is 208 Å². The number of carboxylic acids is 2. The summed E-state index contributed by atoms with van der Waals surface area (Å²) in [5.74, 6) is -14.2. The van der Waals surface area contributed by atoms with E-state index in [1.165, 1.54) is 23.8 Å². The third-order valence-electron chi connectivity index (χ3n) is 17.0. The molecule has 0 spiro atoms. The Bertz CT molecular complexity index is 3210. The summed E-state index contributed by atoms with van der Waals surface area (Å²) in [5.41, 5.74) is 23.0. The number of amides is 13. The van der Waals surface area contributed by atoms with Crippen molar-refractivity contribution in [3.63, 3.8) is 0 Å². The van der Waals surface area contributed by atoms with Crippen molar-refractivity contribution in [2.24, 2.45) is 33.3 Å². The predicted octanol–water partition coefficient (Wildman–Crippen LogP) is -2.90. The number of carboxylic acid groups (broad SMARTS) is 2. The minimum absolute atomic E-state index is 0.0124. The molecular formula is C65H100N16O19S2. The number of aliphatic imine (C=N–C) groups is 1. The monoisotopic (exact) mass is 1470 g/mol. The molecular weight excluding hydrogens is 1370 g/mol. The maximum absolute atomic E-state index is 15.2. The Balaban J connectivity index is 1.62. The maximum Gasteiger partial charge on any atom is 0.305 e. The average Bonchev–Trinajstić information content (AvgIpc) is 1.60. The van der Waals surface area contributed by atoms with Crippen LogP contribution in [-0.4, -0.2) is 233 Å². The summed E-state index contributed by atoms with van der Waals surface area (Å²) in [6.45, 7) is 4.78. The lowest BCUT2D eigenvalue weighted by atomic mass is 9.87. The van der Waals surface area contributed by atoms with Gasteiger partial charge >= 0.3 is 11.9 Å². The first-order chi connectivity index (χ1) is 48.3. The van der Waals surface area contributed by atoms with Crippen LogP contribution in [0.2, 0.25) is 0 Å². The van der Waals surface area contributed by atoms with Gasteiger partial charge in [-0.15, -0.1) is 0 Å². The fourth-order valence-electron chi connectivity index (χ4n) is 11.9. The number of guanidine groups is 1. The largest absolute Gasteiger partial charge is 0.494 e. The van der Waals surface area contributed by atoms with Crippen LogP contribution in [0.25, 0.3) is 0 Å². The maximum atomic E-state index is 15.2. The van der Waals surface area contributed by atoms with Gasteiger partial charge < -0.3 is 100 Å². The number of hydrogen-bond donors (Lipinski definition) is 15. The SMILES string of the molecule is COCC[C@@H]1NC(=O)[C@@H]2CCCN2C(=O)[C@@H]2CSCc3cc(cc(c3)OCCCCCCC(=O)NCC(=O)N[C@@H](CCCN=C(N)N)C(=O)N2)CSC[C@@H](C(N)=O)NC(=O)[C@H](CCC(=O)O)NC(=O)[C@H](CCC(N)=O)NC(=O)[C@@H]2CCCN2C(=O)[C@H](CC(C)(C)C)NC(=O)[C@H](CC(=O)O)NC1=O. The number of aliphatic carboxylic acids is 2. The highest BCUT2D eigenvalue weighted by Crippen LogP contribution is 2.29. The molecule has 0 unspecified atom stereocenters. The number of nitrogens with two attached hydrogens (primary N) is 4. The third kappa shape index (κ3) is 28.8. The van der Waals surface area contributed by atoms with Gasteiger partial charge in [0.05, 0.1) is 19.6 Å². The number of thioether (sulfide) groups is 2. The van der Waals surface area contributed by atoms with E-state index in [-0.39, 0.29) is 120 Å². The predicted molar refractivity (Wildman–Crippen MR) is 372 cm³/mol. The molecule has 35 nitrogen and oxygen atoms in total. The molecule has 0 saturated carbocycles. The molecule has 566 valence electrons. The van der Waals surface area contributed by atoms with Crippen LogP contribution >= 0.6 is 23.5 Å². The lowest BCUT2D eigenvalue weighted by molar-refractivity contribution is -0.144. The van der Waals surface area contributed by atoms with Crippen LogP contribution < -0.4 is 75.5 Å². The van der Waals surface area contributed by atoms with E-state index in [9.17, 15) is 77.3 Å². The van der Waals surface area contributed by atoms with Crippen LogP contribution in [0.4, 0.5) is 0 Å². The molecule has 1 aromatic rings. The Morgan fingerprint density at radius 2 is 1.12 bits per heavy atom. The molecule has 0 radical (unpaired) electrons. The first-order valence-corrected chi connectivity index (χ1v) is 36.4. The van der Waals surface area contributed by atoms with E-state index < -0.39 is 193 Å². The van der Waals surface area contributed by atoms with Crippen molar-refractivity contribution < 1.29 is 91.6 Å². The lowest BCUT2D eigenvalue weighted by Gasteiger charge is -2.33. The zero-order chi connectivity index (χ0) is 75.2. The highest BCUT2D eigenvalue weighted by Gasteiger charge is 2.44. The summed E-state index contributed by atoms with van der Waals surface area (Å²) in [6.07, 6.45) is -0.420. The Hall–Kier alpha value is -9.00. The minimum atomic E-state index is -1.91. The van der Waals surface area contributed by atoms with Gasteiger partial charge in [0, 0.05) is 75.6 Å². The quantitative estimate of drug-likeness (QED) is 0.0423. The van der Waals surface area contributed by atoms with Gasteiger partial charge in [-0.05, 0) is 106 Å². The zero-order valence-electron chi connectivity index (χ0n) is 58.1. The van der Waals surface area contributed by atoms with Gasteiger partial charge in [0.25, 0.3) is 0 Å². The summed E-state index contributed by atoms with van der Waals surface area (Å²) in [4.78, 5) is 214. The van der Waals surface area contributed by atoms with Crippen molar-refractivity contribution in [1.82, 2.24) is 57.7 Å². The van der Waals surface area contributed by atoms with E-state index >= 15 is 4.79 Å². The number of methoxy groups -OCH3 is 1. The molecule has 4 aliphatic heterocycles. The van der Waals surface area contributed by atoms with Crippen LogP contribution in [0.5, 0.6) is 5.75 Å². The Labute approximate surface area is 599 Å². The number of benzene rings is 1. The van der Waals surface area contributed by atoms with Gasteiger partial charge in [-0.3, -0.25) is 76.9 Å². The number of ether oxygens (including phenoxy) is 2. The number of primary amides is 2. The molecule has 102 heavy (non-hydrogen) atoms. The van der Waals surface area contributed by atoms with Gasteiger partial charge in [-0.2, -0.15) is 23.5 Å². The molecule has 37 heteroatoms. The van der Waals surface area contributed by atoms with Crippen molar-refractivity contribution in [3.8, 4) is 5.75 Å². The smallest absolute Gasteiger partial charge is 0.305 e. The van der Waals surface area contributed by atoms with Crippen LogP contribution in [-0.2, 0) is 88.2 Å². The van der Waals surface area contributed by atoms with Crippen LogP contribution in [0.15, 0.2) is 23.2 Å². The van der Waals surface area contributed by atoms with Crippen LogP contribution in [0.3, 0.4) is 0 Å². The number of hydrogen-bond acceptors (Lipinski definition) is 20. The molecule has 13 amide bonds. The van der Waals surface area contributed by atoms with E-state index in [2.05, 4.69) is 52.8 Å². The van der Waals surface area contributed by atoms with Crippen molar-refractivity contribution in [1.29, 1.82) is 0 Å². The second-order valence-electron chi connectivity index (χ2n) is 26.7. The zero-order valence-corrected chi connectivity index (χ0v) is 59.7. The molecule has 5 rings (SSSR count). The second-order valence-corrected chi connectivity index (χ2v) is 28.7. The second kappa shape index (κ2) is 41.8. The summed E-state index contributed by atoms with van der Waals surface area (Å²) in [5, 5.41) is 43.0. The number of nitrogens with zero attached hydrogens (tertiary/aromatic N) is 3. The van der Waals surface area contributed by atoms with E-state index in [0.717, 1.165) is 16.7 Å². The van der Waals surface area contributed by atoms with Gasteiger partial charge in [0.1, 0.15) is 66.2 Å². The first kappa shape index (κ1) is 83.7. The van der Waals surface area contributed by atoms with Gasteiger partial charge in [0.15, 0.2) is 5.96 Å². The molecule has 2 fully saturated rings. The van der Waals surface area contributed by atoms with Crippen molar-refractivity contribution >= 4 is 118 Å². The third-order valence-corrected chi connectivity index (χ3v) is 19.2. The molecule has 4 aliphatic rings. The van der Waals surface area contributed by atoms with Gasteiger partial charge in [-0.25, -0.2) is 0 Å². The fourth-order valence-corrected chi connectivity index (χ4v) is 13.8. The summed E-state index contributed by atoms with van der Waals surface area (Å²) in [6, 6.07) is -9.71. The van der Waals surface area contributed by atoms with Gasteiger partial charge in [0.2, 0.25) is 76.8 Å². The topological polar surface area (TPSA) is 546 Å². The Morgan fingerprint density at radius 1 is 0.588 bits per heavy atom. The summed E-state index contributed by atoms with van der Waals surface area (Å²) >= 11 is 2.35. The highest BCUT2D eigenvalue weighted by atomic mass is 32.2. The van der Waals surface area contributed by atoms with E-state index in [0.29, 0.717) is 42.6 Å². The normalized spacial score (nSPS) is 25.4. The Morgan fingerprint density at radius 3 is 1.70 bits per heavy atom. The first-order valence-electron chi connectivity index (χ1n) is 34.1. The fraction of sp³-hybridized carbons (Fsp3) is 0.662. The van der Waals surface area contributed by atoms with E-state index in [1.54, 1.807) is 32.9 Å². The highest BCUT2D eigenvalue weighted by molar-refractivity contribution is 7.98. The lowest BCUT2D eigenvalue weighted by Crippen LogP contribution is -2.61. The molecule has 19 N–H and O–H groups in total. The van der Waals surface area contributed by atoms with Crippen LogP contribution in [0.1, 0.15) is 147 Å². The minimum Gasteiger partial charge on any atom is -0.494 e. The number of fused-ring (bicyclic) bond motifs is 7. The van der Waals surface area contributed by atoms with E-state index in [1.807, 2.05) is 6.07 Å². The molecule has 10 atom stereocenters. The molecule has 2 saturated heterocycles. The number of nitrogens with one attached hydrogen (secondary N) is 9. The number of rotatable bonds is 17. The number of carbonyl (C=O) groups excluding carboxylic acids is 13. The number of carbonyl (C=O) groups is 15. The summed E-state index contributed by atoms with van der Waals surface area (Å²) in [7, 11) is 1.32. The van der Waals surface area contributed by atoms with Crippen molar-refractivity contribution in [2.75, 3.05) is 58.0 Å². The van der Waals surface area contributed by atoms with Crippen molar-refractivity contribution in [3.05, 3.63) is 29.3 Å². The van der Waals surface area contributed by atoms with E-state index in [4.69, 9.17) is 32.4 Å². The van der Waals surface area contributed by atoms with Crippen LogP contribution in [0, 0.1) is 5.41 Å². The summed E-state index contributed by atoms with van der Waals surface area (Å²) < 4.78 is 11.5. The Kier molecular flexibility index (Phi) is 34.3. The molecule has 4 heterocycles.